The molecule has 0 aliphatic heterocycles. The summed E-state index contributed by atoms with van der Waals surface area (Å²) in [5, 5.41) is 4.30. The zero-order chi connectivity index (χ0) is 14.7. The first kappa shape index (κ1) is 13.9. The van der Waals surface area contributed by atoms with Crippen LogP contribution in [0.25, 0.3) is 0 Å². The summed E-state index contributed by atoms with van der Waals surface area (Å²) in [6.45, 7) is 0. The summed E-state index contributed by atoms with van der Waals surface area (Å²) in [7, 11) is 0. The van der Waals surface area contributed by atoms with Crippen molar-refractivity contribution in [2.45, 2.75) is 0 Å². The van der Waals surface area contributed by atoms with Crippen molar-refractivity contribution in [3.05, 3.63) is 59.7 Å². The van der Waals surface area contributed by atoms with Gasteiger partial charge in [-0.05, 0) is 24.3 Å². The van der Waals surface area contributed by atoms with Gasteiger partial charge in [0, 0.05) is 17.8 Å². The van der Waals surface area contributed by atoms with Crippen LogP contribution in [-0.2, 0) is 0 Å². The van der Waals surface area contributed by atoms with Crippen LogP contribution in [0.2, 0.25) is 0 Å². The molecule has 2 aromatic carbocycles. The molecular weight excluding hydrogens is 276 g/mol. The van der Waals surface area contributed by atoms with Crippen molar-refractivity contribution >= 4 is 17.4 Å². The van der Waals surface area contributed by atoms with Crippen molar-refractivity contribution in [1.29, 1.82) is 0 Å². The maximum Gasteiger partial charge on any atom is 0.323 e. The van der Waals surface area contributed by atoms with E-state index in [-0.39, 0.29) is 11.4 Å². The molecule has 2 aromatic rings. The Kier molecular flexibility index (Phi) is 3.88. The summed E-state index contributed by atoms with van der Waals surface area (Å²) in [6.07, 6.45) is 0. The van der Waals surface area contributed by atoms with E-state index in [9.17, 15) is 22.4 Å². The molecule has 0 heterocycles. The molecule has 0 saturated heterocycles. The molecule has 2 amide bonds. The highest BCUT2D eigenvalue weighted by Crippen LogP contribution is 2.16. The molecule has 0 atom stereocenters. The van der Waals surface area contributed by atoms with Crippen LogP contribution in [0.1, 0.15) is 0 Å². The molecule has 3 nitrogen and oxygen atoms in total. The molecular formula is C13H8F4N2O. The fourth-order valence-electron chi connectivity index (χ4n) is 1.45. The number of anilines is 2. The Labute approximate surface area is 111 Å². The monoisotopic (exact) mass is 284 g/mol. The molecule has 0 aliphatic carbocycles. The minimum atomic E-state index is -1.13. The van der Waals surface area contributed by atoms with E-state index in [1.54, 1.807) is 0 Å². The number of hydrogen-bond acceptors (Lipinski definition) is 1. The van der Waals surface area contributed by atoms with Crippen LogP contribution < -0.4 is 10.6 Å². The number of halogens is 4. The van der Waals surface area contributed by atoms with E-state index in [0.717, 1.165) is 30.3 Å². The first-order chi connectivity index (χ1) is 9.45. The van der Waals surface area contributed by atoms with Crippen LogP contribution in [0, 0.1) is 23.3 Å². The van der Waals surface area contributed by atoms with Crippen molar-refractivity contribution in [2.24, 2.45) is 0 Å². The number of amides is 2. The lowest BCUT2D eigenvalue weighted by atomic mass is 10.3. The van der Waals surface area contributed by atoms with E-state index in [1.807, 2.05) is 0 Å². The van der Waals surface area contributed by atoms with Gasteiger partial charge in [-0.3, -0.25) is 0 Å². The van der Waals surface area contributed by atoms with Gasteiger partial charge in [0.2, 0.25) is 0 Å². The molecule has 0 aromatic heterocycles. The van der Waals surface area contributed by atoms with Gasteiger partial charge in [0.25, 0.3) is 0 Å². The Morgan fingerprint density at radius 1 is 0.800 bits per heavy atom. The minimum absolute atomic E-state index is 0.0103. The normalized spacial score (nSPS) is 10.2. The van der Waals surface area contributed by atoms with Gasteiger partial charge < -0.3 is 10.6 Å². The topological polar surface area (TPSA) is 41.1 Å². The molecule has 7 heteroatoms. The molecule has 0 fully saturated rings. The smallest absolute Gasteiger partial charge is 0.308 e. The van der Waals surface area contributed by atoms with E-state index >= 15 is 0 Å². The van der Waals surface area contributed by atoms with E-state index in [0.29, 0.717) is 6.07 Å². The molecule has 20 heavy (non-hydrogen) atoms. The Morgan fingerprint density at radius 3 is 2.20 bits per heavy atom. The van der Waals surface area contributed by atoms with Crippen LogP contribution in [0.5, 0.6) is 0 Å². The van der Waals surface area contributed by atoms with Gasteiger partial charge in [-0.2, -0.15) is 0 Å². The third-order valence-corrected chi connectivity index (χ3v) is 2.36. The molecule has 104 valence electrons. The van der Waals surface area contributed by atoms with Gasteiger partial charge in [-0.25, -0.2) is 22.4 Å². The second-order valence-corrected chi connectivity index (χ2v) is 3.83. The predicted molar refractivity (Wildman–Crippen MR) is 65.4 cm³/mol. The number of rotatable bonds is 2. The zero-order valence-corrected chi connectivity index (χ0v) is 9.88. The predicted octanol–water partition coefficient (Wildman–Crippen LogP) is 3.89. The summed E-state index contributed by atoms with van der Waals surface area (Å²) in [5.41, 5.74) is -0.254. The summed E-state index contributed by atoms with van der Waals surface area (Å²) < 4.78 is 51.5. The highest BCUT2D eigenvalue weighted by Gasteiger charge is 2.09. The molecule has 2 rings (SSSR count). The Balaban J connectivity index is 2.07. The fourth-order valence-corrected chi connectivity index (χ4v) is 1.45. The molecule has 0 unspecified atom stereocenters. The lowest BCUT2D eigenvalue weighted by Gasteiger charge is -2.08. The van der Waals surface area contributed by atoms with E-state index in [4.69, 9.17) is 0 Å². The van der Waals surface area contributed by atoms with Crippen molar-refractivity contribution in [3.8, 4) is 0 Å². The average Bonchev–Trinajstić information content (AvgIpc) is 2.37. The maximum atomic E-state index is 13.3. The highest BCUT2D eigenvalue weighted by molar-refractivity contribution is 5.99. The molecule has 0 bridgehead atoms. The summed E-state index contributed by atoms with van der Waals surface area (Å²) in [5.74, 6) is -3.92. The van der Waals surface area contributed by atoms with Gasteiger partial charge in [0.15, 0.2) is 11.6 Å². The van der Waals surface area contributed by atoms with Gasteiger partial charge in [0.1, 0.15) is 11.6 Å². The van der Waals surface area contributed by atoms with Crippen LogP contribution in [0.4, 0.5) is 33.7 Å². The molecule has 2 N–H and O–H groups in total. The summed E-state index contributed by atoms with van der Waals surface area (Å²) in [6, 6.07) is 4.48. The third-order valence-electron chi connectivity index (χ3n) is 2.36. The Hall–Kier alpha value is -2.57. The van der Waals surface area contributed by atoms with Gasteiger partial charge in [0.05, 0.1) is 5.69 Å². The van der Waals surface area contributed by atoms with Gasteiger partial charge >= 0.3 is 6.03 Å². The molecule has 0 radical (unpaired) electrons. The summed E-state index contributed by atoms with van der Waals surface area (Å²) >= 11 is 0. The molecule has 0 spiro atoms. The second-order valence-electron chi connectivity index (χ2n) is 3.83. The minimum Gasteiger partial charge on any atom is -0.308 e. The van der Waals surface area contributed by atoms with E-state index in [1.165, 1.54) is 0 Å². The van der Waals surface area contributed by atoms with Crippen LogP contribution in [0.15, 0.2) is 36.4 Å². The van der Waals surface area contributed by atoms with E-state index < -0.39 is 29.3 Å². The average molecular weight is 284 g/mol. The van der Waals surface area contributed by atoms with Gasteiger partial charge in [-0.15, -0.1) is 0 Å². The van der Waals surface area contributed by atoms with E-state index in [2.05, 4.69) is 10.6 Å². The quantitative estimate of drug-likeness (QED) is 0.807. The number of urea groups is 1. The second kappa shape index (κ2) is 5.60. The maximum absolute atomic E-state index is 13.3. The van der Waals surface area contributed by atoms with Gasteiger partial charge in [-0.1, -0.05) is 0 Å². The number of benzene rings is 2. The van der Waals surface area contributed by atoms with Crippen molar-refractivity contribution in [1.82, 2.24) is 0 Å². The first-order valence-corrected chi connectivity index (χ1v) is 5.44. The van der Waals surface area contributed by atoms with Crippen LogP contribution in [-0.4, -0.2) is 6.03 Å². The van der Waals surface area contributed by atoms with Crippen molar-refractivity contribution in [3.63, 3.8) is 0 Å². The lowest BCUT2D eigenvalue weighted by Crippen LogP contribution is -2.20. The first-order valence-electron chi connectivity index (χ1n) is 5.44. The summed E-state index contributed by atoms with van der Waals surface area (Å²) in [4.78, 5) is 11.5. The molecule has 0 saturated carbocycles. The largest absolute Gasteiger partial charge is 0.323 e. The number of nitrogens with one attached hydrogen (secondary N) is 2. The van der Waals surface area contributed by atoms with Crippen LogP contribution >= 0.6 is 0 Å². The number of carbonyl (C=O) groups is 1. The fraction of sp³-hybridized carbons (Fsp3) is 0. The number of carbonyl (C=O) groups excluding carboxylic acids is 1. The van der Waals surface area contributed by atoms with Crippen molar-refractivity contribution in [2.75, 3.05) is 10.6 Å². The highest BCUT2D eigenvalue weighted by atomic mass is 19.2. The Morgan fingerprint density at radius 2 is 1.55 bits per heavy atom. The molecule has 0 aliphatic rings. The standard InChI is InChI=1S/C13H8F4N2O/c14-7-1-4-12(11(17)5-7)19-13(20)18-8-2-3-9(15)10(16)6-8/h1-6H,(H2,18,19,20). The zero-order valence-electron chi connectivity index (χ0n) is 9.88. The van der Waals surface area contributed by atoms with Crippen LogP contribution in [0.3, 0.4) is 0 Å². The van der Waals surface area contributed by atoms with Crippen molar-refractivity contribution < 1.29 is 22.4 Å². The Bertz CT molecular complexity index is 661. The number of hydrogen-bond donors (Lipinski definition) is 2. The third kappa shape index (κ3) is 3.25. The lowest BCUT2D eigenvalue weighted by molar-refractivity contribution is 0.262. The SMILES string of the molecule is O=C(Nc1ccc(F)c(F)c1)Nc1ccc(F)cc1F.